The van der Waals surface area contributed by atoms with Crippen LogP contribution in [0, 0.1) is 5.92 Å². The molecular weight excluding hydrogens is 198 g/mol. The van der Waals surface area contributed by atoms with Gasteiger partial charge in [-0.15, -0.1) is 0 Å². The first-order chi connectivity index (χ1) is 7.02. The van der Waals surface area contributed by atoms with Gasteiger partial charge in [0.25, 0.3) is 0 Å². The van der Waals surface area contributed by atoms with Crippen LogP contribution in [0.25, 0.3) is 0 Å². The molecule has 1 amide bonds. The van der Waals surface area contributed by atoms with E-state index in [1.54, 1.807) is 13.8 Å². The van der Waals surface area contributed by atoms with Crippen molar-refractivity contribution in [3.8, 4) is 0 Å². The lowest BCUT2D eigenvalue weighted by molar-refractivity contribution is -0.142. The molecule has 86 valence electrons. The quantitative estimate of drug-likeness (QED) is 0.711. The molecule has 1 heterocycles. The number of carboxylic acids is 1. The summed E-state index contributed by atoms with van der Waals surface area (Å²) in [6.07, 6.45) is 1.22. The molecule has 15 heavy (non-hydrogen) atoms. The molecular formula is C10H17NO4. The summed E-state index contributed by atoms with van der Waals surface area (Å²) in [6, 6.07) is -0.376. The van der Waals surface area contributed by atoms with Crippen molar-refractivity contribution in [2.45, 2.75) is 38.8 Å². The fourth-order valence-corrected chi connectivity index (χ4v) is 1.44. The van der Waals surface area contributed by atoms with Gasteiger partial charge in [-0.05, 0) is 26.7 Å². The van der Waals surface area contributed by atoms with E-state index >= 15 is 0 Å². The minimum absolute atomic E-state index is 0.201. The normalized spacial score (nSPS) is 24.5. The van der Waals surface area contributed by atoms with E-state index in [-0.39, 0.29) is 11.9 Å². The number of carboxylic acid groups (broad SMARTS) is 1. The third-order valence-corrected chi connectivity index (χ3v) is 2.73. The van der Waals surface area contributed by atoms with Gasteiger partial charge in [-0.1, -0.05) is 0 Å². The maximum absolute atomic E-state index is 11.6. The largest absolute Gasteiger partial charge is 0.481 e. The average Bonchev–Trinajstić information content (AvgIpc) is 2.68. The Morgan fingerprint density at radius 3 is 2.60 bits per heavy atom. The van der Waals surface area contributed by atoms with Crippen LogP contribution in [-0.4, -0.2) is 35.7 Å². The van der Waals surface area contributed by atoms with Crippen LogP contribution in [0.15, 0.2) is 0 Å². The van der Waals surface area contributed by atoms with Crippen LogP contribution >= 0.6 is 0 Å². The molecule has 3 atom stereocenters. The van der Waals surface area contributed by atoms with Gasteiger partial charge in [0, 0.05) is 12.6 Å². The second kappa shape index (κ2) is 5.11. The number of carbonyl (C=O) groups excluding carboxylic acids is 1. The second-order valence-corrected chi connectivity index (χ2v) is 3.93. The van der Waals surface area contributed by atoms with Gasteiger partial charge in [0.05, 0.1) is 5.92 Å². The Labute approximate surface area is 88.8 Å². The number of rotatable bonds is 4. The molecule has 0 radical (unpaired) electrons. The molecule has 0 aromatic heterocycles. The molecule has 0 aliphatic carbocycles. The molecule has 5 nitrogen and oxygen atoms in total. The zero-order chi connectivity index (χ0) is 11.4. The number of ether oxygens (including phenoxy) is 1. The molecule has 1 aliphatic rings. The van der Waals surface area contributed by atoms with E-state index < -0.39 is 18.0 Å². The molecule has 5 heteroatoms. The zero-order valence-corrected chi connectivity index (χ0v) is 9.03. The number of amides is 1. The van der Waals surface area contributed by atoms with Crippen molar-refractivity contribution < 1.29 is 19.4 Å². The van der Waals surface area contributed by atoms with Gasteiger partial charge >= 0.3 is 5.97 Å². The maximum Gasteiger partial charge on any atom is 0.308 e. The predicted molar refractivity (Wildman–Crippen MR) is 53.4 cm³/mol. The summed E-state index contributed by atoms with van der Waals surface area (Å²) in [6.45, 7) is 3.87. The Kier molecular flexibility index (Phi) is 4.08. The first-order valence-electron chi connectivity index (χ1n) is 5.17. The van der Waals surface area contributed by atoms with Crippen molar-refractivity contribution in [3.63, 3.8) is 0 Å². The van der Waals surface area contributed by atoms with Crippen LogP contribution in [-0.2, 0) is 14.3 Å². The summed E-state index contributed by atoms with van der Waals surface area (Å²) in [5, 5.41) is 11.4. The van der Waals surface area contributed by atoms with E-state index in [1.165, 1.54) is 0 Å². The van der Waals surface area contributed by atoms with Gasteiger partial charge in [0.15, 0.2) is 0 Å². The van der Waals surface area contributed by atoms with Gasteiger partial charge in [0.1, 0.15) is 6.10 Å². The minimum atomic E-state index is -0.907. The number of hydrogen-bond donors (Lipinski definition) is 2. The highest BCUT2D eigenvalue weighted by Gasteiger charge is 2.27. The summed E-state index contributed by atoms with van der Waals surface area (Å²) >= 11 is 0. The van der Waals surface area contributed by atoms with Crippen molar-refractivity contribution in [1.29, 1.82) is 0 Å². The van der Waals surface area contributed by atoms with E-state index in [0.717, 1.165) is 12.8 Å². The van der Waals surface area contributed by atoms with Crippen molar-refractivity contribution in [1.82, 2.24) is 5.32 Å². The molecule has 1 rings (SSSR count). The molecule has 0 aromatic rings. The highest BCUT2D eigenvalue weighted by molar-refractivity contribution is 5.82. The Morgan fingerprint density at radius 1 is 1.47 bits per heavy atom. The number of aliphatic carboxylic acids is 1. The topological polar surface area (TPSA) is 75.6 Å². The van der Waals surface area contributed by atoms with Gasteiger partial charge in [-0.25, -0.2) is 0 Å². The third kappa shape index (κ3) is 3.20. The fraction of sp³-hybridized carbons (Fsp3) is 0.800. The maximum atomic E-state index is 11.6. The zero-order valence-electron chi connectivity index (χ0n) is 9.03. The van der Waals surface area contributed by atoms with Crippen LogP contribution in [0.1, 0.15) is 26.7 Å². The third-order valence-electron chi connectivity index (χ3n) is 2.73. The summed E-state index contributed by atoms with van der Waals surface area (Å²) < 4.78 is 5.20. The van der Waals surface area contributed by atoms with Crippen molar-refractivity contribution in [2.75, 3.05) is 6.61 Å². The smallest absolute Gasteiger partial charge is 0.308 e. The Hall–Kier alpha value is -1.10. The monoisotopic (exact) mass is 215 g/mol. The number of nitrogens with one attached hydrogen (secondary N) is 1. The summed E-state index contributed by atoms with van der Waals surface area (Å²) in [7, 11) is 0. The van der Waals surface area contributed by atoms with Crippen molar-refractivity contribution in [3.05, 3.63) is 0 Å². The van der Waals surface area contributed by atoms with Crippen LogP contribution < -0.4 is 5.32 Å². The molecule has 1 aliphatic heterocycles. The first kappa shape index (κ1) is 12.0. The van der Waals surface area contributed by atoms with Gasteiger partial charge in [-0.2, -0.15) is 0 Å². The molecule has 1 fully saturated rings. The van der Waals surface area contributed by atoms with Crippen LogP contribution in [0.3, 0.4) is 0 Å². The van der Waals surface area contributed by atoms with E-state index in [2.05, 4.69) is 5.32 Å². The van der Waals surface area contributed by atoms with Crippen molar-refractivity contribution in [2.24, 2.45) is 5.92 Å². The van der Waals surface area contributed by atoms with Crippen molar-refractivity contribution >= 4 is 11.9 Å². The number of carbonyl (C=O) groups is 2. The summed E-state index contributed by atoms with van der Waals surface area (Å²) in [4.78, 5) is 22.2. The molecule has 0 spiro atoms. The molecule has 3 unspecified atom stereocenters. The Bertz CT molecular complexity index is 248. The summed E-state index contributed by atoms with van der Waals surface area (Å²) in [5.74, 6) is -1.70. The van der Waals surface area contributed by atoms with E-state index in [9.17, 15) is 9.59 Å². The molecule has 0 bridgehead atoms. The van der Waals surface area contributed by atoms with Crippen LogP contribution in [0.2, 0.25) is 0 Å². The SMILES string of the molecule is CC(NC(=O)C1CCCO1)C(C)C(=O)O. The fourth-order valence-electron chi connectivity index (χ4n) is 1.44. The van der Waals surface area contributed by atoms with E-state index in [4.69, 9.17) is 9.84 Å². The highest BCUT2D eigenvalue weighted by Crippen LogP contribution is 2.12. The lowest BCUT2D eigenvalue weighted by Gasteiger charge is -2.19. The standard InChI is InChI=1S/C10H17NO4/c1-6(10(13)14)7(2)11-9(12)8-4-3-5-15-8/h6-8H,3-5H2,1-2H3,(H,11,12)(H,13,14). The molecule has 1 saturated heterocycles. The van der Waals surface area contributed by atoms with E-state index in [1.807, 2.05) is 0 Å². The van der Waals surface area contributed by atoms with Gasteiger partial charge < -0.3 is 15.2 Å². The molecule has 0 aromatic carbocycles. The van der Waals surface area contributed by atoms with Gasteiger partial charge in [0.2, 0.25) is 5.91 Å². The first-order valence-corrected chi connectivity index (χ1v) is 5.17. The number of hydrogen-bond acceptors (Lipinski definition) is 3. The van der Waals surface area contributed by atoms with Crippen LogP contribution in [0.5, 0.6) is 0 Å². The van der Waals surface area contributed by atoms with E-state index in [0.29, 0.717) is 6.61 Å². The summed E-state index contributed by atoms with van der Waals surface area (Å²) in [5.41, 5.74) is 0. The lowest BCUT2D eigenvalue weighted by Crippen LogP contribution is -2.44. The highest BCUT2D eigenvalue weighted by atomic mass is 16.5. The lowest BCUT2D eigenvalue weighted by atomic mass is 10.0. The average molecular weight is 215 g/mol. The van der Waals surface area contributed by atoms with Gasteiger partial charge in [-0.3, -0.25) is 9.59 Å². The second-order valence-electron chi connectivity index (χ2n) is 3.93. The minimum Gasteiger partial charge on any atom is -0.481 e. The molecule has 0 saturated carbocycles. The molecule has 2 N–H and O–H groups in total. The Morgan fingerprint density at radius 2 is 2.13 bits per heavy atom. The Balaban J connectivity index is 2.39. The van der Waals surface area contributed by atoms with Crippen LogP contribution in [0.4, 0.5) is 0 Å². The predicted octanol–water partition coefficient (Wildman–Crippen LogP) is 0.391.